The summed E-state index contributed by atoms with van der Waals surface area (Å²) in [6.07, 6.45) is 2.18. The van der Waals surface area contributed by atoms with E-state index < -0.39 is 30.4 Å². The third-order valence-corrected chi connectivity index (χ3v) is 4.56. The van der Waals surface area contributed by atoms with Gasteiger partial charge in [0, 0.05) is 11.0 Å². The second kappa shape index (κ2) is 8.14. The Morgan fingerprint density at radius 3 is 2.75 bits per heavy atom. The number of piperidine rings is 1. The highest BCUT2D eigenvalue weighted by Crippen LogP contribution is 2.23. The first kappa shape index (κ1) is 18.3. The van der Waals surface area contributed by atoms with E-state index in [9.17, 15) is 14.4 Å². The van der Waals surface area contributed by atoms with E-state index in [1.807, 2.05) is 0 Å². The summed E-state index contributed by atoms with van der Waals surface area (Å²) < 4.78 is 10.7. The molecule has 0 bridgehead atoms. The fraction of sp³-hybridized carbons (Fsp3) is 0.438. The van der Waals surface area contributed by atoms with Crippen molar-refractivity contribution in [3.8, 4) is 5.75 Å². The van der Waals surface area contributed by atoms with Gasteiger partial charge >= 0.3 is 5.97 Å². The average Bonchev–Trinajstić information content (AvgIpc) is 2.59. The Hall–Kier alpha value is -2.09. The van der Waals surface area contributed by atoms with Crippen LogP contribution < -0.4 is 10.5 Å². The molecule has 1 heterocycles. The number of benzene rings is 1. The van der Waals surface area contributed by atoms with Crippen molar-refractivity contribution in [2.24, 2.45) is 5.73 Å². The van der Waals surface area contributed by atoms with Crippen molar-refractivity contribution in [3.05, 3.63) is 28.2 Å². The number of halogens is 1. The summed E-state index contributed by atoms with van der Waals surface area (Å²) in [7, 11) is 1.49. The maximum atomic E-state index is 12.3. The van der Waals surface area contributed by atoms with Gasteiger partial charge < -0.3 is 20.1 Å². The lowest BCUT2D eigenvalue weighted by Crippen LogP contribution is -2.51. The quantitative estimate of drug-likeness (QED) is 0.757. The van der Waals surface area contributed by atoms with E-state index in [-0.39, 0.29) is 5.56 Å². The number of nitrogens with zero attached hydrogens (tertiary/aromatic N) is 1. The lowest BCUT2D eigenvalue weighted by Gasteiger charge is -2.33. The normalized spacial score (nSPS) is 17.2. The minimum absolute atomic E-state index is 0.257. The smallest absolute Gasteiger partial charge is 0.339 e. The zero-order valence-corrected chi connectivity index (χ0v) is 14.9. The van der Waals surface area contributed by atoms with Gasteiger partial charge in [0.1, 0.15) is 11.8 Å². The van der Waals surface area contributed by atoms with Gasteiger partial charge in [-0.1, -0.05) is 0 Å². The van der Waals surface area contributed by atoms with Crippen LogP contribution in [-0.2, 0) is 14.3 Å². The molecule has 8 heteroatoms. The number of likely N-dealkylation sites (tertiary alicyclic amines) is 1. The fourth-order valence-corrected chi connectivity index (χ4v) is 3.01. The molecule has 1 saturated heterocycles. The number of primary amides is 1. The largest absolute Gasteiger partial charge is 0.497 e. The zero-order valence-electron chi connectivity index (χ0n) is 13.3. The highest BCUT2D eigenvalue weighted by molar-refractivity contribution is 9.10. The minimum Gasteiger partial charge on any atom is -0.497 e. The zero-order chi connectivity index (χ0) is 17.7. The van der Waals surface area contributed by atoms with Crippen LogP contribution in [-0.4, -0.2) is 49.0 Å². The molecule has 0 unspecified atom stereocenters. The number of carbonyl (C=O) groups excluding carboxylic acids is 3. The van der Waals surface area contributed by atoms with Crippen LogP contribution in [0.4, 0.5) is 0 Å². The van der Waals surface area contributed by atoms with E-state index in [0.717, 1.165) is 12.8 Å². The van der Waals surface area contributed by atoms with Crippen LogP contribution >= 0.6 is 15.9 Å². The van der Waals surface area contributed by atoms with Crippen LogP contribution in [0.1, 0.15) is 29.6 Å². The summed E-state index contributed by atoms with van der Waals surface area (Å²) in [6, 6.07) is 4.24. The second-order valence-corrected chi connectivity index (χ2v) is 6.28. The van der Waals surface area contributed by atoms with E-state index in [2.05, 4.69) is 15.9 Å². The molecular weight excluding hydrogens is 380 g/mol. The van der Waals surface area contributed by atoms with Crippen molar-refractivity contribution in [2.75, 3.05) is 20.3 Å². The predicted molar refractivity (Wildman–Crippen MR) is 89.5 cm³/mol. The lowest BCUT2D eigenvalue weighted by atomic mass is 10.0. The maximum absolute atomic E-state index is 12.3. The molecule has 1 fully saturated rings. The molecule has 24 heavy (non-hydrogen) atoms. The first-order valence-electron chi connectivity index (χ1n) is 7.53. The van der Waals surface area contributed by atoms with E-state index in [1.54, 1.807) is 12.1 Å². The van der Waals surface area contributed by atoms with Gasteiger partial charge in [0.2, 0.25) is 5.91 Å². The SMILES string of the molecule is COc1ccc(Br)c(C(=O)OCC(=O)N2CCCC[C@H]2C(N)=O)c1. The number of amides is 2. The van der Waals surface area contributed by atoms with Gasteiger partial charge in [-0.2, -0.15) is 0 Å². The number of hydrogen-bond donors (Lipinski definition) is 1. The molecule has 1 aromatic rings. The van der Waals surface area contributed by atoms with Gasteiger partial charge in [-0.3, -0.25) is 9.59 Å². The van der Waals surface area contributed by atoms with Gasteiger partial charge in [0.15, 0.2) is 6.61 Å². The minimum atomic E-state index is -0.651. The molecule has 0 spiro atoms. The summed E-state index contributed by atoms with van der Waals surface area (Å²) in [4.78, 5) is 37.3. The number of esters is 1. The van der Waals surface area contributed by atoms with E-state index in [4.69, 9.17) is 15.2 Å². The average molecular weight is 399 g/mol. The number of methoxy groups -OCH3 is 1. The summed E-state index contributed by atoms with van der Waals surface area (Å²) in [5.74, 6) is -1.11. The van der Waals surface area contributed by atoms with Crippen molar-refractivity contribution in [3.63, 3.8) is 0 Å². The summed E-state index contributed by atoms with van der Waals surface area (Å²) in [5, 5.41) is 0. The fourth-order valence-electron chi connectivity index (χ4n) is 2.60. The molecule has 1 aliphatic heterocycles. The molecule has 130 valence electrons. The van der Waals surface area contributed by atoms with Gasteiger partial charge in [-0.25, -0.2) is 4.79 Å². The monoisotopic (exact) mass is 398 g/mol. The van der Waals surface area contributed by atoms with E-state index in [1.165, 1.54) is 18.1 Å². The van der Waals surface area contributed by atoms with Crippen molar-refractivity contribution >= 4 is 33.7 Å². The van der Waals surface area contributed by atoms with Crippen molar-refractivity contribution < 1.29 is 23.9 Å². The number of ether oxygens (including phenoxy) is 2. The Morgan fingerprint density at radius 2 is 2.08 bits per heavy atom. The van der Waals surface area contributed by atoms with Crippen LogP contribution in [0.5, 0.6) is 5.75 Å². The van der Waals surface area contributed by atoms with Gasteiger partial charge in [-0.05, 0) is 53.4 Å². The van der Waals surface area contributed by atoms with Crippen LogP contribution in [0.3, 0.4) is 0 Å². The molecule has 2 amide bonds. The highest BCUT2D eigenvalue weighted by atomic mass is 79.9. The Kier molecular flexibility index (Phi) is 6.19. The second-order valence-electron chi connectivity index (χ2n) is 5.42. The van der Waals surface area contributed by atoms with Gasteiger partial charge in [-0.15, -0.1) is 0 Å². The third-order valence-electron chi connectivity index (χ3n) is 3.87. The summed E-state index contributed by atoms with van der Waals surface area (Å²) >= 11 is 3.26. The third kappa shape index (κ3) is 4.25. The number of hydrogen-bond acceptors (Lipinski definition) is 5. The lowest BCUT2D eigenvalue weighted by molar-refractivity contribution is -0.143. The number of carbonyl (C=O) groups is 3. The molecule has 0 radical (unpaired) electrons. The van der Waals surface area contributed by atoms with E-state index >= 15 is 0 Å². The maximum Gasteiger partial charge on any atom is 0.339 e. The number of rotatable bonds is 5. The van der Waals surface area contributed by atoms with Crippen LogP contribution in [0.15, 0.2) is 22.7 Å². The molecule has 0 aromatic heterocycles. The first-order valence-corrected chi connectivity index (χ1v) is 8.32. The van der Waals surface area contributed by atoms with E-state index in [0.29, 0.717) is 23.2 Å². The van der Waals surface area contributed by atoms with Gasteiger partial charge in [0.05, 0.1) is 12.7 Å². The van der Waals surface area contributed by atoms with Crippen molar-refractivity contribution in [1.29, 1.82) is 0 Å². The van der Waals surface area contributed by atoms with Crippen LogP contribution in [0.2, 0.25) is 0 Å². The molecular formula is C16H19BrN2O5. The molecule has 0 aliphatic carbocycles. The molecule has 0 saturated carbocycles. The Labute approximate surface area is 148 Å². The number of nitrogens with two attached hydrogens (primary N) is 1. The summed E-state index contributed by atoms with van der Waals surface area (Å²) in [6.45, 7) is -0.000885. The Morgan fingerprint density at radius 1 is 1.33 bits per heavy atom. The van der Waals surface area contributed by atoms with Gasteiger partial charge in [0.25, 0.3) is 5.91 Å². The first-order chi connectivity index (χ1) is 11.4. The molecule has 2 rings (SSSR count). The highest BCUT2D eigenvalue weighted by Gasteiger charge is 2.31. The summed E-state index contributed by atoms with van der Waals surface area (Å²) in [5.41, 5.74) is 5.59. The Balaban J connectivity index is 2.00. The van der Waals surface area contributed by atoms with Crippen LogP contribution in [0, 0.1) is 0 Å². The van der Waals surface area contributed by atoms with Crippen molar-refractivity contribution in [2.45, 2.75) is 25.3 Å². The standard InChI is InChI=1S/C16H19BrN2O5/c1-23-10-5-6-12(17)11(8-10)16(22)24-9-14(20)19-7-3-2-4-13(19)15(18)21/h5-6,8,13H,2-4,7,9H2,1H3,(H2,18,21)/t13-/m0/s1. The molecule has 7 nitrogen and oxygen atoms in total. The molecule has 1 aromatic carbocycles. The van der Waals surface area contributed by atoms with Crippen molar-refractivity contribution in [1.82, 2.24) is 4.90 Å². The van der Waals surface area contributed by atoms with Crippen LogP contribution in [0.25, 0.3) is 0 Å². The molecule has 2 N–H and O–H groups in total. The molecule has 1 atom stereocenters. The Bertz CT molecular complexity index is 649. The predicted octanol–water partition coefficient (Wildman–Crippen LogP) is 1.48. The topological polar surface area (TPSA) is 98.9 Å². The molecule has 1 aliphatic rings.